The van der Waals surface area contributed by atoms with Gasteiger partial charge in [0.1, 0.15) is 17.1 Å². The van der Waals surface area contributed by atoms with E-state index in [0.717, 1.165) is 35.8 Å². The molecule has 5 rings (SSSR count). The number of carbonyl (C=O) groups excluding carboxylic acids is 1. The number of anilines is 1. The molecule has 0 atom stereocenters. The number of benzene rings is 2. The van der Waals surface area contributed by atoms with Crippen LogP contribution in [0.5, 0.6) is 5.75 Å². The molecule has 1 aliphatic heterocycles. The van der Waals surface area contributed by atoms with Crippen LogP contribution >= 0.6 is 0 Å². The minimum Gasteiger partial charge on any atom is -0.497 e. The van der Waals surface area contributed by atoms with E-state index in [-0.39, 0.29) is 5.91 Å². The lowest BCUT2D eigenvalue weighted by atomic mass is 10.2. The second-order valence-corrected chi connectivity index (χ2v) is 8.12. The van der Waals surface area contributed by atoms with Gasteiger partial charge in [-0.25, -0.2) is 4.68 Å². The number of ether oxygens (including phenoxy) is 1. The van der Waals surface area contributed by atoms with Crippen LogP contribution in [0.15, 0.2) is 77.4 Å². The third-order valence-electron chi connectivity index (χ3n) is 5.95. The number of aromatic nitrogens is 2. The van der Waals surface area contributed by atoms with Crippen molar-refractivity contribution in [3.8, 4) is 22.9 Å². The molecule has 3 heterocycles. The first-order chi connectivity index (χ1) is 16.1. The van der Waals surface area contributed by atoms with Crippen molar-refractivity contribution in [3.05, 3.63) is 84.3 Å². The number of carbonyl (C=O) groups is 1. The van der Waals surface area contributed by atoms with E-state index >= 15 is 0 Å². The summed E-state index contributed by atoms with van der Waals surface area (Å²) < 4.78 is 12.5. The Morgan fingerprint density at radius 1 is 0.939 bits per heavy atom. The van der Waals surface area contributed by atoms with Crippen molar-refractivity contribution in [1.82, 2.24) is 14.7 Å². The zero-order valence-corrected chi connectivity index (χ0v) is 18.8. The van der Waals surface area contributed by atoms with Crippen molar-refractivity contribution in [2.45, 2.75) is 6.92 Å². The second-order valence-electron chi connectivity index (χ2n) is 8.12. The summed E-state index contributed by atoms with van der Waals surface area (Å²) in [5.41, 5.74) is 4.27. The number of furan rings is 1. The minimum absolute atomic E-state index is 0.0313. The topological polar surface area (TPSA) is 63.7 Å². The average Bonchev–Trinajstić information content (AvgIpc) is 3.54. The molecule has 0 aliphatic carbocycles. The van der Waals surface area contributed by atoms with Crippen molar-refractivity contribution in [2.24, 2.45) is 0 Å². The summed E-state index contributed by atoms with van der Waals surface area (Å²) in [7, 11) is 1.66. The molecule has 0 bridgehead atoms. The SMILES string of the molecule is COc1ccc(N2CCN(C(=O)c3cc(-c4ccco4)nn3-c3cccc(C)c3)CC2)cc1. The smallest absolute Gasteiger partial charge is 0.272 e. The quantitative estimate of drug-likeness (QED) is 0.458. The van der Waals surface area contributed by atoms with Crippen molar-refractivity contribution in [3.63, 3.8) is 0 Å². The van der Waals surface area contributed by atoms with E-state index in [1.165, 1.54) is 0 Å². The highest BCUT2D eigenvalue weighted by molar-refractivity contribution is 5.94. The molecule has 0 N–H and O–H groups in total. The molecule has 2 aromatic heterocycles. The third-order valence-corrected chi connectivity index (χ3v) is 5.95. The molecule has 1 amide bonds. The van der Waals surface area contributed by atoms with E-state index in [1.54, 1.807) is 18.1 Å². The van der Waals surface area contributed by atoms with Gasteiger partial charge in [-0.05, 0) is 61.0 Å². The number of rotatable bonds is 5. The molecule has 168 valence electrons. The Balaban J connectivity index is 1.39. The maximum atomic E-state index is 13.6. The van der Waals surface area contributed by atoms with Crippen LogP contribution in [-0.2, 0) is 0 Å². The molecular weight excluding hydrogens is 416 g/mol. The highest BCUT2D eigenvalue weighted by atomic mass is 16.5. The fourth-order valence-corrected chi connectivity index (χ4v) is 4.16. The van der Waals surface area contributed by atoms with Crippen LogP contribution in [0.1, 0.15) is 16.1 Å². The predicted molar refractivity (Wildman–Crippen MR) is 127 cm³/mol. The summed E-state index contributed by atoms with van der Waals surface area (Å²) in [5.74, 6) is 1.44. The van der Waals surface area contributed by atoms with E-state index in [2.05, 4.69) is 17.0 Å². The van der Waals surface area contributed by atoms with Crippen LogP contribution in [0, 0.1) is 6.92 Å². The van der Waals surface area contributed by atoms with E-state index in [1.807, 2.05) is 66.4 Å². The Bertz CT molecular complexity index is 1240. The molecule has 0 spiro atoms. The monoisotopic (exact) mass is 442 g/mol. The molecule has 1 aliphatic rings. The molecule has 2 aromatic carbocycles. The van der Waals surface area contributed by atoms with Crippen LogP contribution in [0.25, 0.3) is 17.1 Å². The molecule has 1 saturated heterocycles. The maximum Gasteiger partial charge on any atom is 0.272 e. The van der Waals surface area contributed by atoms with Crippen LogP contribution < -0.4 is 9.64 Å². The number of nitrogens with zero attached hydrogens (tertiary/aromatic N) is 4. The molecular formula is C26H26N4O3. The van der Waals surface area contributed by atoms with Crippen LogP contribution in [-0.4, -0.2) is 53.9 Å². The Morgan fingerprint density at radius 2 is 1.73 bits per heavy atom. The van der Waals surface area contributed by atoms with Gasteiger partial charge in [-0.15, -0.1) is 0 Å². The lowest BCUT2D eigenvalue weighted by molar-refractivity contribution is 0.0737. The highest BCUT2D eigenvalue weighted by Gasteiger charge is 2.27. The van der Waals surface area contributed by atoms with E-state index in [0.29, 0.717) is 30.2 Å². The van der Waals surface area contributed by atoms with Gasteiger partial charge < -0.3 is 19.0 Å². The zero-order valence-electron chi connectivity index (χ0n) is 18.8. The van der Waals surface area contributed by atoms with Crippen LogP contribution in [0.4, 0.5) is 5.69 Å². The number of amides is 1. The number of methoxy groups -OCH3 is 1. The van der Waals surface area contributed by atoms with E-state index < -0.39 is 0 Å². The Kier molecular flexibility index (Phi) is 5.60. The highest BCUT2D eigenvalue weighted by Crippen LogP contribution is 2.25. The molecule has 33 heavy (non-hydrogen) atoms. The van der Waals surface area contributed by atoms with Gasteiger partial charge in [0.15, 0.2) is 5.76 Å². The Morgan fingerprint density at radius 3 is 2.39 bits per heavy atom. The number of hydrogen-bond acceptors (Lipinski definition) is 5. The van der Waals surface area contributed by atoms with Gasteiger partial charge in [0.2, 0.25) is 0 Å². The molecule has 7 nitrogen and oxygen atoms in total. The standard InChI is InChI=1S/C26H26N4O3/c1-19-5-3-6-21(17-19)30-24(18-23(27-30)25-7-4-16-33-25)26(31)29-14-12-28(13-15-29)20-8-10-22(32-2)11-9-20/h3-11,16-18H,12-15H2,1-2H3. The molecule has 4 aromatic rings. The first kappa shape index (κ1) is 20.9. The van der Waals surface area contributed by atoms with E-state index in [9.17, 15) is 4.79 Å². The van der Waals surface area contributed by atoms with Gasteiger partial charge in [0, 0.05) is 37.9 Å². The summed E-state index contributed by atoms with van der Waals surface area (Å²) in [6.45, 7) is 4.84. The average molecular weight is 443 g/mol. The van der Waals surface area contributed by atoms with Gasteiger partial charge in [0.25, 0.3) is 5.91 Å². The van der Waals surface area contributed by atoms with Gasteiger partial charge in [0.05, 0.1) is 19.1 Å². The van der Waals surface area contributed by atoms with Crippen molar-refractivity contribution in [1.29, 1.82) is 0 Å². The third kappa shape index (κ3) is 4.22. The van der Waals surface area contributed by atoms with Gasteiger partial charge >= 0.3 is 0 Å². The molecule has 1 fully saturated rings. The van der Waals surface area contributed by atoms with Crippen LogP contribution in [0.2, 0.25) is 0 Å². The lowest BCUT2D eigenvalue weighted by Gasteiger charge is -2.36. The van der Waals surface area contributed by atoms with Gasteiger partial charge in [-0.2, -0.15) is 5.10 Å². The zero-order chi connectivity index (χ0) is 22.8. The largest absolute Gasteiger partial charge is 0.497 e. The lowest BCUT2D eigenvalue weighted by Crippen LogP contribution is -2.49. The summed E-state index contributed by atoms with van der Waals surface area (Å²) >= 11 is 0. The minimum atomic E-state index is -0.0313. The molecule has 0 saturated carbocycles. The summed E-state index contributed by atoms with van der Waals surface area (Å²) in [5, 5.41) is 4.71. The second kappa shape index (κ2) is 8.86. The first-order valence-corrected chi connectivity index (χ1v) is 11.0. The van der Waals surface area contributed by atoms with Crippen molar-refractivity contribution < 1.29 is 13.9 Å². The first-order valence-electron chi connectivity index (χ1n) is 11.0. The summed E-state index contributed by atoms with van der Waals surface area (Å²) in [6.07, 6.45) is 1.61. The fraction of sp³-hybridized carbons (Fsp3) is 0.231. The summed E-state index contributed by atoms with van der Waals surface area (Å²) in [6, 6.07) is 21.5. The molecule has 7 heteroatoms. The molecule has 0 radical (unpaired) electrons. The van der Waals surface area contributed by atoms with Crippen molar-refractivity contribution in [2.75, 3.05) is 38.2 Å². The normalized spacial score (nSPS) is 13.9. The number of hydrogen-bond donors (Lipinski definition) is 0. The fourth-order valence-electron chi connectivity index (χ4n) is 4.16. The van der Waals surface area contributed by atoms with Gasteiger partial charge in [-0.3, -0.25) is 4.79 Å². The summed E-state index contributed by atoms with van der Waals surface area (Å²) in [4.78, 5) is 17.8. The van der Waals surface area contributed by atoms with Crippen LogP contribution in [0.3, 0.4) is 0 Å². The van der Waals surface area contributed by atoms with Gasteiger partial charge in [-0.1, -0.05) is 12.1 Å². The molecule has 0 unspecified atom stereocenters. The van der Waals surface area contributed by atoms with Crippen molar-refractivity contribution >= 4 is 11.6 Å². The number of aryl methyl sites for hydroxylation is 1. The Labute approximate surface area is 192 Å². The number of piperazine rings is 1. The Hall–Kier alpha value is -4.00. The predicted octanol–water partition coefficient (Wildman–Crippen LogP) is 4.41. The van der Waals surface area contributed by atoms with E-state index in [4.69, 9.17) is 14.3 Å². The maximum absolute atomic E-state index is 13.6.